The Bertz CT molecular complexity index is 4010. The maximum atomic E-state index is 6.94. The number of fused-ring (bicyclic) bond motifs is 10. The lowest BCUT2D eigenvalue weighted by Gasteiger charge is -2.30. The van der Waals surface area contributed by atoms with Gasteiger partial charge >= 0.3 is 0 Å². The first-order chi connectivity index (χ1) is 32.6. The van der Waals surface area contributed by atoms with E-state index in [2.05, 4.69) is 230 Å². The van der Waals surface area contributed by atoms with Gasteiger partial charge in [0, 0.05) is 43.7 Å². The Morgan fingerprint density at radius 2 is 0.652 bits per heavy atom. The van der Waals surface area contributed by atoms with Gasteiger partial charge in [-0.05, 0) is 117 Å². The predicted molar refractivity (Wildman–Crippen MR) is 279 cm³/mol. The SMILES string of the molecule is Cc1ccccc1N(c1ccc2ccc3c(N(c4ccccc4C)c4cc5ccccc5c5c4oc4ccccc45)ccc4ccc1c2c43)c1cc2ccccc2c2c1oc1ccccc12. The number of nitrogens with zero attached hydrogens (tertiary/aromatic N) is 2. The summed E-state index contributed by atoms with van der Waals surface area (Å²) in [5.74, 6) is 0. The third-order valence-electron chi connectivity index (χ3n) is 14.0. The molecule has 0 N–H and O–H groups in total. The Balaban J connectivity index is 1.07. The van der Waals surface area contributed by atoms with Crippen molar-refractivity contribution in [3.8, 4) is 0 Å². The largest absolute Gasteiger partial charge is 0.454 e. The van der Waals surface area contributed by atoms with E-state index in [1.165, 1.54) is 43.4 Å². The molecule has 4 heteroatoms. The molecule has 0 aliphatic heterocycles. The third kappa shape index (κ3) is 5.21. The molecular weight excluding hydrogens is 805 g/mol. The van der Waals surface area contributed by atoms with Crippen LogP contribution in [0.2, 0.25) is 0 Å². The molecule has 0 atom stereocenters. The van der Waals surface area contributed by atoms with E-state index >= 15 is 0 Å². The number of furan rings is 2. The molecule has 2 heterocycles. The number of hydrogen-bond acceptors (Lipinski definition) is 4. The van der Waals surface area contributed by atoms with Gasteiger partial charge in [-0.15, -0.1) is 0 Å². The standard InChI is InChI=1S/C62H40N2O2/c1-37-15-3-11-23-49(37)63(53-35-41-17-5-7-19-43(41)59-47-21-9-13-25-55(47)65-61(53)59)51-33-29-39-28-32-46-52(34-30-40-27-31-45(51)57(39)58(40)46)64(50-24-12-4-16-38(50)2)54-36-42-18-6-8-20-44(42)60-48-22-10-14-26-56(48)66-62(54)60/h3-36H,1-2H3. The molecule has 0 bridgehead atoms. The Morgan fingerprint density at radius 1 is 0.273 bits per heavy atom. The highest BCUT2D eigenvalue weighted by molar-refractivity contribution is 6.30. The Hall–Kier alpha value is -8.60. The molecule has 2 aromatic heterocycles. The Kier molecular flexibility index (Phi) is 7.79. The maximum absolute atomic E-state index is 6.94. The van der Waals surface area contributed by atoms with Crippen LogP contribution in [0.25, 0.3) is 97.7 Å². The van der Waals surface area contributed by atoms with Crippen molar-refractivity contribution in [3.63, 3.8) is 0 Å². The molecule has 0 aliphatic rings. The van der Waals surface area contributed by atoms with Gasteiger partial charge < -0.3 is 18.6 Å². The summed E-state index contributed by atoms with van der Waals surface area (Å²) in [5.41, 5.74) is 12.2. The van der Waals surface area contributed by atoms with Gasteiger partial charge in [0.25, 0.3) is 0 Å². The molecule has 0 radical (unpaired) electrons. The van der Waals surface area contributed by atoms with E-state index in [1.807, 2.05) is 0 Å². The Labute approximate surface area is 380 Å². The lowest BCUT2D eigenvalue weighted by atomic mass is 9.91. The fourth-order valence-corrected chi connectivity index (χ4v) is 11.0. The topological polar surface area (TPSA) is 32.8 Å². The van der Waals surface area contributed by atoms with Crippen molar-refractivity contribution < 1.29 is 8.83 Å². The number of aryl methyl sites for hydroxylation is 2. The normalized spacial score (nSPS) is 12.1. The summed E-state index contributed by atoms with van der Waals surface area (Å²) in [6.07, 6.45) is 0. The molecule has 0 saturated carbocycles. The van der Waals surface area contributed by atoms with Crippen LogP contribution in [0.1, 0.15) is 11.1 Å². The molecule has 0 spiro atoms. The first kappa shape index (κ1) is 36.8. The molecule has 0 fully saturated rings. The van der Waals surface area contributed by atoms with Crippen LogP contribution in [0.5, 0.6) is 0 Å². The van der Waals surface area contributed by atoms with Gasteiger partial charge in [-0.2, -0.15) is 0 Å². The van der Waals surface area contributed by atoms with Crippen LogP contribution in [-0.2, 0) is 0 Å². The van der Waals surface area contributed by atoms with Gasteiger partial charge in [-0.3, -0.25) is 0 Å². The van der Waals surface area contributed by atoms with Gasteiger partial charge in [0.05, 0.1) is 22.7 Å². The van der Waals surface area contributed by atoms with E-state index < -0.39 is 0 Å². The number of hydrogen-bond donors (Lipinski definition) is 0. The zero-order chi connectivity index (χ0) is 43.6. The lowest BCUT2D eigenvalue weighted by Crippen LogP contribution is -2.13. The molecule has 0 unspecified atom stereocenters. The second-order valence-electron chi connectivity index (χ2n) is 17.7. The molecule has 4 nitrogen and oxygen atoms in total. The van der Waals surface area contributed by atoms with Crippen LogP contribution < -0.4 is 9.80 Å². The zero-order valence-corrected chi connectivity index (χ0v) is 36.3. The molecule has 66 heavy (non-hydrogen) atoms. The molecule has 12 aromatic carbocycles. The van der Waals surface area contributed by atoms with Gasteiger partial charge in [-0.1, -0.05) is 158 Å². The van der Waals surface area contributed by atoms with Crippen molar-refractivity contribution in [2.75, 3.05) is 9.80 Å². The van der Waals surface area contributed by atoms with Crippen LogP contribution in [0.4, 0.5) is 34.1 Å². The number of anilines is 6. The van der Waals surface area contributed by atoms with E-state index in [1.54, 1.807) is 0 Å². The van der Waals surface area contributed by atoms with Crippen molar-refractivity contribution in [2.24, 2.45) is 0 Å². The minimum absolute atomic E-state index is 0.868. The number of benzene rings is 12. The van der Waals surface area contributed by atoms with Crippen molar-refractivity contribution in [1.29, 1.82) is 0 Å². The average molecular weight is 845 g/mol. The van der Waals surface area contributed by atoms with Crippen LogP contribution >= 0.6 is 0 Å². The van der Waals surface area contributed by atoms with Gasteiger partial charge in [0.15, 0.2) is 11.2 Å². The highest BCUT2D eigenvalue weighted by Crippen LogP contribution is 2.52. The lowest BCUT2D eigenvalue weighted by molar-refractivity contribution is 0.669. The Morgan fingerprint density at radius 3 is 1.11 bits per heavy atom. The summed E-state index contributed by atoms with van der Waals surface area (Å²) in [5, 5.41) is 16.3. The quantitative estimate of drug-likeness (QED) is 0.156. The number of rotatable bonds is 6. The first-order valence-electron chi connectivity index (χ1n) is 22.7. The maximum Gasteiger partial charge on any atom is 0.160 e. The molecule has 310 valence electrons. The molecule has 0 saturated heterocycles. The van der Waals surface area contributed by atoms with Gasteiger partial charge in [0.1, 0.15) is 11.2 Å². The van der Waals surface area contributed by atoms with Crippen LogP contribution in [0.15, 0.2) is 215 Å². The van der Waals surface area contributed by atoms with Crippen LogP contribution in [-0.4, -0.2) is 0 Å². The average Bonchev–Trinajstić information content (AvgIpc) is 3.96. The monoisotopic (exact) mass is 844 g/mol. The fraction of sp³-hybridized carbons (Fsp3) is 0.0323. The smallest absolute Gasteiger partial charge is 0.160 e. The van der Waals surface area contributed by atoms with Crippen molar-refractivity contribution in [2.45, 2.75) is 13.8 Å². The van der Waals surface area contributed by atoms with Gasteiger partial charge in [-0.25, -0.2) is 0 Å². The summed E-state index contributed by atoms with van der Waals surface area (Å²) in [4.78, 5) is 4.87. The minimum atomic E-state index is 0.868. The second-order valence-corrected chi connectivity index (χ2v) is 17.7. The third-order valence-corrected chi connectivity index (χ3v) is 14.0. The van der Waals surface area contributed by atoms with Crippen molar-refractivity contribution in [1.82, 2.24) is 0 Å². The van der Waals surface area contributed by atoms with Crippen molar-refractivity contribution in [3.05, 3.63) is 217 Å². The zero-order valence-electron chi connectivity index (χ0n) is 36.3. The predicted octanol–water partition coefficient (Wildman–Crippen LogP) is 18.2. The van der Waals surface area contributed by atoms with Crippen molar-refractivity contribution >= 4 is 132 Å². The summed E-state index contributed by atoms with van der Waals surface area (Å²) in [7, 11) is 0. The summed E-state index contributed by atoms with van der Waals surface area (Å²) in [6, 6.07) is 74.7. The fourth-order valence-electron chi connectivity index (χ4n) is 11.0. The first-order valence-corrected chi connectivity index (χ1v) is 22.7. The second kappa shape index (κ2) is 13.9. The minimum Gasteiger partial charge on any atom is -0.454 e. The molecule has 0 amide bonds. The van der Waals surface area contributed by atoms with E-state index in [0.29, 0.717) is 0 Å². The molecular formula is C62H40N2O2. The van der Waals surface area contributed by atoms with E-state index in [0.717, 1.165) is 99.5 Å². The van der Waals surface area contributed by atoms with E-state index in [-0.39, 0.29) is 0 Å². The van der Waals surface area contributed by atoms with E-state index in [9.17, 15) is 0 Å². The summed E-state index contributed by atoms with van der Waals surface area (Å²) >= 11 is 0. The number of para-hydroxylation sites is 4. The van der Waals surface area contributed by atoms with E-state index in [4.69, 9.17) is 8.83 Å². The van der Waals surface area contributed by atoms with Crippen LogP contribution in [0.3, 0.4) is 0 Å². The van der Waals surface area contributed by atoms with Crippen LogP contribution in [0, 0.1) is 13.8 Å². The summed E-state index contributed by atoms with van der Waals surface area (Å²) < 4.78 is 13.9. The molecule has 14 aromatic rings. The highest BCUT2D eigenvalue weighted by Gasteiger charge is 2.28. The molecule has 14 rings (SSSR count). The highest BCUT2D eigenvalue weighted by atomic mass is 16.3. The van der Waals surface area contributed by atoms with Gasteiger partial charge in [0.2, 0.25) is 0 Å². The summed E-state index contributed by atoms with van der Waals surface area (Å²) in [6.45, 7) is 4.40. The molecule has 0 aliphatic carbocycles.